The van der Waals surface area contributed by atoms with E-state index in [2.05, 4.69) is 5.32 Å². The number of fused-ring (bicyclic) bond motifs is 1. The number of para-hydroxylation sites is 1. The van der Waals surface area contributed by atoms with Gasteiger partial charge in [-0.2, -0.15) is 0 Å². The van der Waals surface area contributed by atoms with E-state index in [-0.39, 0.29) is 13.3 Å². The first-order chi connectivity index (χ1) is 14.0. The third-order valence-corrected chi connectivity index (χ3v) is 4.45. The molecular formula is C21H20ClNO6. The van der Waals surface area contributed by atoms with E-state index in [1.54, 1.807) is 25.3 Å². The maximum absolute atomic E-state index is 12.2. The van der Waals surface area contributed by atoms with E-state index in [1.807, 2.05) is 18.2 Å². The predicted octanol–water partition coefficient (Wildman–Crippen LogP) is 3.34. The van der Waals surface area contributed by atoms with Crippen molar-refractivity contribution in [1.29, 1.82) is 0 Å². The molecule has 0 aromatic heterocycles. The summed E-state index contributed by atoms with van der Waals surface area (Å²) >= 11 is 6.11. The van der Waals surface area contributed by atoms with Gasteiger partial charge in [-0.1, -0.05) is 29.8 Å². The average molecular weight is 418 g/mol. The molecule has 1 heterocycles. The zero-order chi connectivity index (χ0) is 20.8. The topological polar surface area (TPSA) is 83.1 Å². The van der Waals surface area contributed by atoms with Crippen LogP contribution < -0.4 is 19.5 Å². The van der Waals surface area contributed by atoms with Crippen molar-refractivity contribution < 1.29 is 28.5 Å². The summed E-state index contributed by atoms with van der Waals surface area (Å²) in [5.41, 5.74) is 1.46. The van der Waals surface area contributed by atoms with Crippen LogP contribution in [0.15, 0.2) is 42.5 Å². The van der Waals surface area contributed by atoms with Crippen LogP contribution in [0.5, 0.6) is 17.2 Å². The minimum atomic E-state index is -0.956. The van der Waals surface area contributed by atoms with Crippen LogP contribution in [-0.2, 0) is 20.9 Å². The van der Waals surface area contributed by atoms with Crippen molar-refractivity contribution in [3.8, 4) is 17.2 Å². The zero-order valence-electron chi connectivity index (χ0n) is 15.9. The minimum absolute atomic E-state index is 0.103. The van der Waals surface area contributed by atoms with Gasteiger partial charge in [-0.25, -0.2) is 4.79 Å². The number of esters is 1. The maximum Gasteiger partial charge on any atom is 0.331 e. The lowest BCUT2D eigenvalue weighted by atomic mass is 10.2. The van der Waals surface area contributed by atoms with Crippen LogP contribution in [0.2, 0.25) is 5.02 Å². The van der Waals surface area contributed by atoms with Gasteiger partial charge < -0.3 is 24.3 Å². The highest BCUT2D eigenvalue weighted by atomic mass is 35.5. The van der Waals surface area contributed by atoms with Crippen LogP contribution in [0, 0.1) is 0 Å². The van der Waals surface area contributed by atoms with Crippen LogP contribution >= 0.6 is 11.6 Å². The summed E-state index contributed by atoms with van der Waals surface area (Å²) in [6.45, 7) is 1.86. The molecule has 2 aromatic rings. The Hall–Kier alpha value is -3.19. The molecule has 0 aliphatic carbocycles. The summed E-state index contributed by atoms with van der Waals surface area (Å²) in [4.78, 5) is 24.2. The quantitative estimate of drug-likeness (QED) is 0.549. The molecule has 0 unspecified atom stereocenters. The zero-order valence-corrected chi connectivity index (χ0v) is 16.7. The molecule has 1 atom stereocenters. The number of hydrogen-bond acceptors (Lipinski definition) is 6. The highest BCUT2D eigenvalue weighted by molar-refractivity contribution is 6.32. The van der Waals surface area contributed by atoms with E-state index in [0.717, 1.165) is 5.56 Å². The number of halogens is 1. The highest BCUT2D eigenvalue weighted by Gasteiger charge is 2.19. The van der Waals surface area contributed by atoms with Gasteiger partial charge in [-0.15, -0.1) is 0 Å². The van der Waals surface area contributed by atoms with E-state index in [1.165, 1.54) is 19.1 Å². The van der Waals surface area contributed by atoms with Crippen LogP contribution in [-0.4, -0.2) is 31.9 Å². The number of carbonyl (C=O) groups is 2. The first-order valence-corrected chi connectivity index (χ1v) is 9.23. The lowest BCUT2D eigenvalue weighted by molar-refractivity contribution is -0.150. The molecule has 0 radical (unpaired) electrons. The molecule has 3 rings (SSSR count). The fourth-order valence-corrected chi connectivity index (χ4v) is 2.96. The van der Waals surface area contributed by atoms with Crippen molar-refractivity contribution in [2.75, 3.05) is 13.9 Å². The molecule has 0 saturated carbocycles. The fraction of sp³-hybridized carbons (Fsp3) is 0.238. The first kappa shape index (κ1) is 20.5. The third kappa shape index (κ3) is 5.20. The van der Waals surface area contributed by atoms with Gasteiger partial charge >= 0.3 is 5.97 Å². The Labute approximate surface area is 173 Å². The van der Waals surface area contributed by atoms with E-state index in [9.17, 15) is 9.59 Å². The number of benzene rings is 2. The Bertz CT molecular complexity index is 943. The molecular weight excluding hydrogens is 398 g/mol. The van der Waals surface area contributed by atoms with Crippen LogP contribution in [0.1, 0.15) is 18.1 Å². The van der Waals surface area contributed by atoms with Crippen molar-refractivity contribution in [3.63, 3.8) is 0 Å². The van der Waals surface area contributed by atoms with Crippen molar-refractivity contribution in [2.24, 2.45) is 0 Å². The molecule has 152 valence electrons. The largest absolute Gasteiger partial charge is 0.496 e. The molecule has 0 saturated heterocycles. The SMILES string of the molecule is COc1ccccc1CNC(=O)[C@@H](C)OC(=O)/C=C/c1cc(Cl)c2c(c1)OCO2. The standard InChI is InChI=1S/C21H20ClNO6/c1-13(21(25)23-11-15-5-3-4-6-17(15)26-2)29-19(24)8-7-14-9-16(22)20-18(10-14)27-12-28-20/h3-10,13H,11-12H2,1-2H3,(H,23,25)/b8-7+/t13-/m1/s1. The van der Waals surface area contributed by atoms with E-state index in [0.29, 0.717) is 27.8 Å². The molecule has 29 heavy (non-hydrogen) atoms. The maximum atomic E-state index is 12.2. The number of hydrogen-bond donors (Lipinski definition) is 1. The molecule has 7 nitrogen and oxygen atoms in total. The molecule has 1 aliphatic heterocycles. The van der Waals surface area contributed by atoms with E-state index >= 15 is 0 Å². The Kier molecular flexibility index (Phi) is 6.61. The second-order valence-electron chi connectivity index (χ2n) is 6.18. The number of rotatable bonds is 7. The molecule has 1 N–H and O–H groups in total. The number of ether oxygens (including phenoxy) is 4. The Balaban J connectivity index is 1.53. The summed E-state index contributed by atoms with van der Waals surface area (Å²) in [6.07, 6.45) is 1.79. The van der Waals surface area contributed by atoms with Crippen LogP contribution in [0.4, 0.5) is 0 Å². The smallest absolute Gasteiger partial charge is 0.331 e. The molecule has 0 fully saturated rings. The molecule has 2 aromatic carbocycles. The second-order valence-corrected chi connectivity index (χ2v) is 6.59. The minimum Gasteiger partial charge on any atom is -0.496 e. The average Bonchev–Trinajstić information content (AvgIpc) is 3.20. The molecule has 0 spiro atoms. The van der Waals surface area contributed by atoms with Crippen molar-refractivity contribution in [2.45, 2.75) is 19.6 Å². The van der Waals surface area contributed by atoms with Gasteiger partial charge in [0.05, 0.1) is 12.1 Å². The molecule has 0 bridgehead atoms. The summed E-state index contributed by atoms with van der Waals surface area (Å²) in [5, 5.41) is 3.11. The number of amides is 1. The van der Waals surface area contributed by atoms with Crippen molar-refractivity contribution in [1.82, 2.24) is 5.32 Å². The molecule has 1 aliphatic rings. The van der Waals surface area contributed by atoms with Gasteiger partial charge in [0, 0.05) is 18.2 Å². The Morgan fingerprint density at radius 3 is 2.86 bits per heavy atom. The van der Waals surface area contributed by atoms with Gasteiger partial charge in [-0.05, 0) is 36.8 Å². The van der Waals surface area contributed by atoms with E-state index < -0.39 is 18.0 Å². The normalized spacial score (nSPS) is 13.2. The highest BCUT2D eigenvalue weighted by Crippen LogP contribution is 2.40. The fourth-order valence-electron chi connectivity index (χ4n) is 2.69. The first-order valence-electron chi connectivity index (χ1n) is 8.85. The Morgan fingerprint density at radius 1 is 1.28 bits per heavy atom. The van der Waals surface area contributed by atoms with Gasteiger partial charge in [0.1, 0.15) is 5.75 Å². The lowest BCUT2D eigenvalue weighted by Crippen LogP contribution is -2.35. The van der Waals surface area contributed by atoms with E-state index in [4.69, 9.17) is 30.5 Å². The van der Waals surface area contributed by atoms with Gasteiger partial charge in [0.15, 0.2) is 17.6 Å². The lowest BCUT2D eigenvalue weighted by Gasteiger charge is -2.13. The summed E-state index contributed by atoms with van der Waals surface area (Å²) < 4.78 is 20.9. The predicted molar refractivity (Wildman–Crippen MR) is 107 cm³/mol. The van der Waals surface area contributed by atoms with Gasteiger partial charge in [-0.3, -0.25) is 4.79 Å². The van der Waals surface area contributed by atoms with Gasteiger partial charge in [0.25, 0.3) is 5.91 Å². The molecule has 1 amide bonds. The van der Waals surface area contributed by atoms with Crippen molar-refractivity contribution >= 4 is 29.6 Å². The van der Waals surface area contributed by atoms with Crippen LogP contribution in [0.25, 0.3) is 6.08 Å². The summed E-state index contributed by atoms with van der Waals surface area (Å²) in [5.74, 6) is 0.589. The van der Waals surface area contributed by atoms with Crippen molar-refractivity contribution in [3.05, 3.63) is 58.6 Å². The third-order valence-electron chi connectivity index (χ3n) is 4.17. The number of carbonyl (C=O) groups excluding carboxylic acids is 2. The van der Waals surface area contributed by atoms with Crippen LogP contribution in [0.3, 0.4) is 0 Å². The molecule has 8 heteroatoms. The van der Waals surface area contributed by atoms with Gasteiger partial charge in [0.2, 0.25) is 6.79 Å². The summed E-state index contributed by atoms with van der Waals surface area (Å²) in [6, 6.07) is 10.7. The number of methoxy groups -OCH3 is 1. The number of nitrogens with one attached hydrogen (secondary N) is 1. The monoisotopic (exact) mass is 417 g/mol. The Morgan fingerprint density at radius 2 is 2.07 bits per heavy atom. The summed E-state index contributed by atoms with van der Waals surface area (Å²) in [7, 11) is 1.56. The second kappa shape index (κ2) is 9.34.